The Morgan fingerprint density at radius 2 is 1.90 bits per heavy atom. The number of hydrogen-bond acceptors (Lipinski definition) is 3. The largest absolute Gasteiger partial charge is 0.486 e. The molecule has 1 N–H and O–H groups in total. The summed E-state index contributed by atoms with van der Waals surface area (Å²) in [5, 5.41) is 3.08. The number of hydrogen-bond donors (Lipinski definition) is 1. The van der Waals surface area contributed by atoms with Gasteiger partial charge in [0.1, 0.15) is 13.2 Å². The lowest BCUT2D eigenvalue weighted by Crippen LogP contribution is -2.38. The van der Waals surface area contributed by atoms with Gasteiger partial charge < -0.3 is 14.8 Å². The molecule has 114 valence electrons. The molecular formula is C17H23NO3. The summed E-state index contributed by atoms with van der Waals surface area (Å²) in [6.45, 7) is 3.83. The average molecular weight is 289 g/mol. The quantitative estimate of drug-likeness (QED) is 0.927. The van der Waals surface area contributed by atoms with Crippen molar-refractivity contribution >= 4 is 5.91 Å². The Kier molecular flexibility index (Phi) is 4.04. The number of rotatable bonds is 4. The van der Waals surface area contributed by atoms with Gasteiger partial charge in [0.05, 0.1) is 0 Å². The summed E-state index contributed by atoms with van der Waals surface area (Å²) in [7, 11) is 0. The molecule has 0 saturated heterocycles. The van der Waals surface area contributed by atoms with Crippen molar-refractivity contribution in [1.82, 2.24) is 5.32 Å². The smallest absolute Gasteiger partial charge is 0.219 e. The molecule has 0 aromatic heterocycles. The Morgan fingerprint density at radius 3 is 2.62 bits per heavy atom. The molecule has 1 aromatic rings. The van der Waals surface area contributed by atoms with E-state index in [1.165, 1.54) is 18.4 Å². The first-order valence-electron chi connectivity index (χ1n) is 7.90. The van der Waals surface area contributed by atoms with Crippen LogP contribution in [0.5, 0.6) is 11.5 Å². The first-order chi connectivity index (χ1) is 10.2. The van der Waals surface area contributed by atoms with Crippen LogP contribution in [-0.2, 0) is 10.2 Å². The molecule has 0 atom stereocenters. The van der Waals surface area contributed by atoms with Gasteiger partial charge in [-0.15, -0.1) is 0 Å². The number of carbonyl (C=O) groups is 1. The number of amides is 1. The number of benzene rings is 1. The van der Waals surface area contributed by atoms with Crippen LogP contribution in [0.25, 0.3) is 0 Å². The minimum Gasteiger partial charge on any atom is -0.486 e. The Bertz CT molecular complexity index is 521. The van der Waals surface area contributed by atoms with E-state index in [-0.39, 0.29) is 11.3 Å². The molecule has 4 heteroatoms. The van der Waals surface area contributed by atoms with E-state index in [1.54, 1.807) is 0 Å². The van der Waals surface area contributed by atoms with E-state index in [9.17, 15) is 4.79 Å². The van der Waals surface area contributed by atoms with Crippen molar-refractivity contribution < 1.29 is 14.3 Å². The van der Waals surface area contributed by atoms with Crippen LogP contribution >= 0.6 is 0 Å². The van der Waals surface area contributed by atoms with Crippen LogP contribution in [0, 0.1) is 0 Å². The zero-order valence-electron chi connectivity index (χ0n) is 12.6. The van der Waals surface area contributed by atoms with Crippen molar-refractivity contribution in [2.45, 2.75) is 44.4 Å². The van der Waals surface area contributed by atoms with Crippen LogP contribution in [0.1, 0.15) is 44.6 Å². The molecule has 1 aromatic carbocycles. The number of nitrogens with one attached hydrogen (secondary N) is 1. The molecule has 1 aliphatic carbocycles. The van der Waals surface area contributed by atoms with Crippen molar-refractivity contribution in [3.63, 3.8) is 0 Å². The van der Waals surface area contributed by atoms with Crippen LogP contribution < -0.4 is 14.8 Å². The minimum absolute atomic E-state index is 0.0562. The fraction of sp³-hybridized carbons (Fsp3) is 0.588. The van der Waals surface area contributed by atoms with E-state index < -0.39 is 0 Å². The maximum atomic E-state index is 11.6. The summed E-state index contributed by atoms with van der Waals surface area (Å²) in [4.78, 5) is 11.6. The summed E-state index contributed by atoms with van der Waals surface area (Å²) < 4.78 is 11.3. The third-order valence-electron chi connectivity index (χ3n) is 4.66. The fourth-order valence-electron chi connectivity index (χ4n) is 3.39. The first kappa shape index (κ1) is 14.2. The zero-order valence-corrected chi connectivity index (χ0v) is 12.6. The van der Waals surface area contributed by atoms with Gasteiger partial charge in [0.15, 0.2) is 11.5 Å². The molecule has 1 heterocycles. The van der Waals surface area contributed by atoms with Crippen LogP contribution in [0.4, 0.5) is 0 Å². The van der Waals surface area contributed by atoms with Crippen LogP contribution in [0.2, 0.25) is 0 Å². The molecule has 1 aliphatic heterocycles. The van der Waals surface area contributed by atoms with Gasteiger partial charge in [0.25, 0.3) is 0 Å². The van der Waals surface area contributed by atoms with Crippen molar-refractivity contribution in [3.05, 3.63) is 23.8 Å². The van der Waals surface area contributed by atoms with E-state index in [0.717, 1.165) is 30.9 Å². The lowest BCUT2D eigenvalue weighted by atomic mass is 9.78. The maximum absolute atomic E-state index is 11.6. The monoisotopic (exact) mass is 289 g/mol. The van der Waals surface area contributed by atoms with Gasteiger partial charge in [-0.05, 0) is 30.5 Å². The third-order valence-corrected chi connectivity index (χ3v) is 4.66. The summed E-state index contributed by atoms with van der Waals surface area (Å²) in [5.74, 6) is 1.79. The minimum atomic E-state index is 0.0562. The summed E-state index contributed by atoms with van der Waals surface area (Å²) in [6.07, 6.45) is 5.22. The van der Waals surface area contributed by atoms with Gasteiger partial charge in [-0.2, -0.15) is 0 Å². The molecule has 4 nitrogen and oxygen atoms in total. The van der Waals surface area contributed by atoms with Crippen molar-refractivity contribution in [2.24, 2.45) is 0 Å². The predicted octanol–water partition coefficient (Wildman–Crippen LogP) is 2.80. The zero-order chi connectivity index (χ0) is 14.7. The van der Waals surface area contributed by atoms with E-state index >= 15 is 0 Å². The fourth-order valence-corrected chi connectivity index (χ4v) is 3.39. The SMILES string of the molecule is CCC(=O)NCC1(c2ccc3c(c2)OCCO3)CCCC1. The number of carbonyl (C=O) groups excluding carboxylic acids is 1. The second-order valence-electron chi connectivity index (χ2n) is 5.98. The highest BCUT2D eigenvalue weighted by atomic mass is 16.6. The summed E-state index contributed by atoms with van der Waals surface area (Å²) in [5.41, 5.74) is 1.32. The molecule has 2 aliphatic rings. The van der Waals surface area contributed by atoms with E-state index in [4.69, 9.17) is 9.47 Å². The van der Waals surface area contributed by atoms with Crippen molar-refractivity contribution in [2.75, 3.05) is 19.8 Å². The van der Waals surface area contributed by atoms with Gasteiger partial charge >= 0.3 is 0 Å². The molecule has 0 spiro atoms. The lowest BCUT2D eigenvalue weighted by molar-refractivity contribution is -0.121. The van der Waals surface area contributed by atoms with Crippen LogP contribution in [0.15, 0.2) is 18.2 Å². The summed E-state index contributed by atoms with van der Waals surface area (Å²) >= 11 is 0. The topological polar surface area (TPSA) is 47.6 Å². The van der Waals surface area contributed by atoms with Crippen molar-refractivity contribution in [1.29, 1.82) is 0 Å². The van der Waals surface area contributed by atoms with Crippen molar-refractivity contribution in [3.8, 4) is 11.5 Å². The highest BCUT2D eigenvalue weighted by Gasteiger charge is 2.36. The number of ether oxygens (including phenoxy) is 2. The van der Waals surface area contributed by atoms with Gasteiger partial charge in [0, 0.05) is 18.4 Å². The first-order valence-corrected chi connectivity index (χ1v) is 7.90. The summed E-state index contributed by atoms with van der Waals surface area (Å²) in [6, 6.07) is 6.25. The Morgan fingerprint density at radius 1 is 1.19 bits per heavy atom. The van der Waals surface area contributed by atoms with Crippen LogP contribution in [-0.4, -0.2) is 25.7 Å². The Labute approximate surface area is 125 Å². The molecule has 1 saturated carbocycles. The second kappa shape index (κ2) is 5.96. The van der Waals surface area contributed by atoms with Gasteiger partial charge in [-0.3, -0.25) is 4.79 Å². The van der Waals surface area contributed by atoms with Gasteiger partial charge in [-0.1, -0.05) is 25.8 Å². The lowest BCUT2D eigenvalue weighted by Gasteiger charge is -2.31. The Balaban J connectivity index is 1.84. The highest BCUT2D eigenvalue weighted by molar-refractivity contribution is 5.75. The second-order valence-corrected chi connectivity index (χ2v) is 5.98. The van der Waals surface area contributed by atoms with E-state index in [0.29, 0.717) is 19.6 Å². The van der Waals surface area contributed by atoms with E-state index in [1.807, 2.05) is 13.0 Å². The van der Waals surface area contributed by atoms with Gasteiger partial charge in [0.2, 0.25) is 5.91 Å². The molecule has 0 unspecified atom stereocenters. The standard InChI is InChI=1S/C17H23NO3/c1-2-16(19)18-12-17(7-3-4-8-17)13-5-6-14-15(11-13)21-10-9-20-14/h5-6,11H,2-4,7-10,12H2,1H3,(H,18,19). The molecule has 21 heavy (non-hydrogen) atoms. The number of fused-ring (bicyclic) bond motifs is 1. The van der Waals surface area contributed by atoms with Crippen LogP contribution in [0.3, 0.4) is 0 Å². The maximum Gasteiger partial charge on any atom is 0.219 e. The van der Waals surface area contributed by atoms with E-state index in [2.05, 4.69) is 17.4 Å². The molecule has 1 amide bonds. The molecule has 0 radical (unpaired) electrons. The highest BCUT2D eigenvalue weighted by Crippen LogP contribution is 2.43. The average Bonchev–Trinajstić information content (AvgIpc) is 3.02. The predicted molar refractivity (Wildman–Crippen MR) is 80.9 cm³/mol. The normalized spacial score (nSPS) is 19.3. The molecular weight excluding hydrogens is 266 g/mol. The third kappa shape index (κ3) is 2.85. The molecule has 0 bridgehead atoms. The Hall–Kier alpha value is -1.71. The molecule has 1 fully saturated rings. The molecule has 3 rings (SSSR count). The van der Waals surface area contributed by atoms with Gasteiger partial charge in [-0.25, -0.2) is 0 Å².